The van der Waals surface area contributed by atoms with Gasteiger partial charge in [0.05, 0.1) is 18.4 Å². The molecule has 2 aromatic rings. The van der Waals surface area contributed by atoms with Gasteiger partial charge in [-0.3, -0.25) is 0 Å². The van der Waals surface area contributed by atoms with Crippen molar-refractivity contribution in [3.63, 3.8) is 0 Å². The second-order valence-corrected chi connectivity index (χ2v) is 4.67. The van der Waals surface area contributed by atoms with Gasteiger partial charge < -0.3 is 10.2 Å². The Morgan fingerprint density at radius 1 is 1.16 bits per heavy atom. The van der Waals surface area contributed by atoms with Crippen LogP contribution < -0.4 is 10.2 Å². The van der Waals surface area contributed by atoms with Gasteiger partial charge in [0, 0.05) is 19.8 Å². The molecule has 2 heterocycles. The average molecular weight is 258 g/mol. The van der Waals surface area contributed by atoms with Crippen LogP contribution in [0.3, 0.4) is 0 Å². The van der Waals surface area contributed by atoms with Crippen molar-refractivity contribution in [2.24, 2.45) is 0 Å². The SMILES string of the molecule is Cc1cnnc(NCc2cc(C)nc(N(C)C)n2)c1. The molecule has 0 aliphatic carbocycles. The van der Waals surface area contributed by atoms with Gasteiger partial charge in [-0.2, -0.15) is 5.10 Å². The normalized spacial score (nSPS) is 10.3. The summed E-state index contributed by atoms with van der Waals surface area (Å²) in [6.45, 7) is 4.55. The summed E-state index contributed by atoms with van der Waals surface area (Å²) in [5, 5.41) is 11.1. The lowest BCUT2D eigenvalue weighted by molar-refractivity contribution is 0.914. The molecule has 0 aromatic carbocycles. The highest BCUT2D eigenvalue weighted by atomic mass is 15.2. The van der Waals surface area contributed by atoms with Crippen LogP contribution in [0.4, 0.5) is 11.8 Å². The molecule has 0 amide bonds. The molecule has 1 N–H and O–H groups in total. The molecule has 6 heteroatoms. The summed E-state index contributed by atoms with van der Waals surface area (Å²) in [5.74, 6) is 1.47. The number of aromatic nitrogens is 4. The fourth-order valence-corrected chi connectivity index (χ4v) is 1.64. The Morgan fingerprint density at radius 3 is 2.63 bits per heavy atom. The topological polar surface area (TPSA) is 66.8 Å². The number of anilines is 2. The van der Waals surface area contributed by atoms with E-state index in [1.165, 1.54) is 0 Å². The van der Waals surface area contributed by atoms with Gasteiger partial charge in [-0.25, -0.2) is 9.97 Å². The van der Waals surface area contributed by atoms with Crippen LogP contribution in [0, 0.1) is 13.8 Å². The van der Waals surface area contributed by atoms with E-state index in [2.05, 4.69) is 25.5 Å². The highest BCUT2D eigenvalue weighted by Crippen LogP contribution is 2.10. The van der Waals surface area contributed by atoms with E-state index >= 15 is 0 Å². The third kappa shape index (κ3) is 3.61. The van der Waals surface area contributed by atoms with Gasteiger partial charge in [-0.15, -0.1) is 5.10 Å². The lowest BCUT2D eigenvalue weighted by Crippen LogP contribution is -2.15. The second kappa shape index (κ2) is 5.60. The molecule has 0 radical (unpaired) electrons. The largest absolute Gasteiger partial charge is 0.363 e. The molecule has 0 saturated heterocycles. The van der Waals surface area contributed by atoms with Crippen molar-refractivity contribution in [1.82, 2.24) is 20.2 Å². The van der Waals surface area contributed by atoms with E-state index < -0.39 is 0 Å². The van der Waals surface area contributed by atoms with E-state index in [0.717, 1.165) is 22.8 Å². The zero-order valence-electron chi connectivity index (χ0n) is 11.7. The quantitative estimate of drug-likeness (QED) is 0.897. The number of nitrogens with one attached hydrogen (secondary N) is 1. The third-order valence-corrected chi connectivity index (χ3v) is 2.54. The van der Waals surface area contributed by atoms with Gasteiger partial charge in [0.25, 0.3) is 0 Å². The van der Waals surface area contributed by atoms with E-state index in [4.69, 9.17) is 0 Å². The van der Waals surface area contributed by atoms with Crippen LogP contribution in [0.25, 0.3) is 0 Å². The van der Waals surface area contributed by atoms with Gasteiger partial charge >= 0.3 is 0 Å². The highest BCUT2D eigenvalue weighted by Gasteiger charge is 2.04. The molecule has 19 heavy (non-hydrogen) atoms. The first-order valence-corrected chi connectivity index (χ1v) is 6.09. The third-order valence-electron chi connectivity index (χ3n) is 2.54. The fraction of sp³-hybridized carbons (Fsp3) is 0.385. The molecular formula is C13H18N6. The van der Waals surface area contributed by atoms with Crippen molar-refractivity contribution in [3.05, 3.63) is 35.3 Å². The van der Waals surface area contributed by atoms with Crippen LogP contribution >= 0.6 is 0 Å². The summed E-state index contributed by atoms with van der Waals surface area (Å²) in [7, 11) is 3.86. The Kier molecular flexibility index (Phi) is 3.89. The van der Waals surface area contributed by atoms with Crippen molar-refractivity contribution in [1.29, 1.82) is 0 Å². The summed E-state index contributed by atoms with van der Waals surface area (Å²) in [4.78, 5) is 10.7. The smallest absolute Gasteiger partial charge is 0.225 e. The van der Waals surface area contributed by atoms with Crippen molar-refractivity contribution in [2.45, 2.75) is 20.4 Å². The summed E-state index contributed by atoms with van der Waals surface area (Å²) in [6.07, 6.45) is 1.73. The molecule has 2 aromatic heterocycles. The summed E-state index contributed by atoms with van der Waals surface area (Å²) in [6, 6.07) is 3.91. The number of nitrogens with zero attached hydrogens (tertiary/aromatic N) is 5. The molecule has 0 aliphatic heterocycles. The van der Waals surface area contributed by atoms with Gasteiger partial charge in [-0.05, 0) is 31.5 Å². The Balaban J connectivity index is 2.11. The monoisotopic (exact) mass is 258 g/mol. The number of aryl methyl sites for hydroxylation is 2. The number of hydrogen-bond donors (Lipinski definition) is 1. The van der Waals surface area contributed by atoms with E-state index in [0.29, 0.717) is 12.5 Å². The number of rotatable bonds is 4. The molecule has 0 atom stereocenters. The lowest BCUT2D eigenvalue weighted by atomic mass is 10.3. The van der Waals surface area contributed by atoms with E-state index in [-0.39, 0.29) is 0 Å². The molecule has 0 saturated carbocycles. The van der Waals surface area contributed by atoms with Crippen molar-refractivity contribution >= 4 is 11.8 Å². The van der Waals surface area contributed by atoms with Crippen molar-refractivity contribution in [2.75, 3.05) is 24.3 Å². The van der Waals surface area contributed by atoms with E-state index in [1.807, 2.05) is 45.0 Å². The average Bonchev–Trinajstić information content (AvgIpc) is 2.36. The maximum absolute atomic E-state index is 4.47. The van der Waals surface area contributed by atoms with Crippen molar-refractivity contribution < 1.29 is 0 Å². The minimum Gasteiger partial charge on any atom is -0.363 e. The van der Waals surface area contributed by atoms with Crippen LogP contribution in [-0.2, 0) is 6.54 Å². The summed E-state index contributed by atoms with van der Waals surface area (Å²) >= 11 is 0. The van der Waals surface area contributed by atoms with E-state index in [1.54, 1.807) is 6.20 Å². The van der Waals surface area contributed by atoms with Crippen molar-refractivity contribution in [3.8, 4) is 0 Å². The molecule has 0 bridgehead atoms. The molecule has 0 spiro atoms. The molecule has 0 fully saturated rings. The van der Waals surface area contributed by atoms with Crippen LogP contribution in [0.15, 0.2) is 18.3 Å². The zero-order chi connectivity index (χ0) is 13.8. The maximum Gasteiger partial charge on any atom is 0.225 e. The standard InChI is InChI=1S/C13H18N6/c1-9-5-12(18-15-7-9)14-8-11-6-10(2)16-13(17-11)19(3)4/h5-7H,8H2,1-4H3,(H,14,18). The molecule has 0 unspecified atom stereocenters. The van der Waals surface area contributed by atoms with Gasteiger partial charge in [0.15, 0.2) is 0 Å². The van der Waals surface area contributed by atoms with Crippen LogP contribution in [0.5, 0.6) is 0 Å². The Bertz CT molecular complexity index is 567. The summed E-state index contributed by atoms with van der Waals surface area (Å²) < 4.78 is 0. The first-order valence-electron chi connectivity index (χ1n) is 6.09. The van der Waals surface area contributed by atoms with Crippen LogP contribution in [0.2, 0.25) is 0 Å². The van der Waals surface area contributed by atoms with E-state index in [9.17, 15) is 0 Å². The minimum absolute atomic E-state index is 0.600. The second-order valence-electron chi connectivity index (χ2n) is 4.67. The maximum atomic E-state index is 4.47. The van der Waals surface area contributed by atoms with Gasteiger partial charge in [0.2, 0.25) is 5.95 Å². The van der Waals surface area contributed by atoms with Crippen LogP contribution in [-0.4, -0.2) is 34.3 Å². The number of hydrogen-bond acceptors (Lipinski definition) is 6. The molecular weight excluding hydrogens is 240 g/mol. The zero-order valence-corrected chi connectivity index (χ0v) is 11.7. The van der Waals surface area contributed by atoms with Gasteiger partial charge in [-0.1, -0.05) is 0 Å². The first-order chi connectivity index (χ1) is 9.04. The lowest BCUT2D eigenvalue weighted by Gasteiger charge is -2.12. The highest BCUT2D eigenvalue weighted by molar-refractivity contribution is 5.37. The summed E-state index contributed by atoms with van der Waals surface area (Å²) in [5.41, 5.74) is 2.95. The Morgan fingerprint density at radius 2 is 1.95 bits per heavy atom. The Labute approximate surface area is 112 Å². The van der Waals surface area contributed by atoms with Gasteiger partial charge in [0.1, 0.15) is 5.82 Å². The Hall–Kier alpha value is -2.24. The van der Waals surface area contributed by atoms with Crippen LogP contribution in [0.1, 0.15) is 17.0 Å². The predicted molar refractivity (Wildman–Crippen MR) is 75.2 cm³/mol. The molecule has 2 rings (SSSR count). The molecule has 100 valence electrons. The first kappa shape index (κ1) is 13.2. The molecule has 6 nitrogen and oxygen atoms in total. The predicted octanol–water partition coefficient (Wildman–Crippen LogP) is 1.56. The minimum atomic E-state index is 0.600. The fourth-order valence-electron chi connectivity index (χ4n) is 1.64. The molecule has 0 aliphatic rings.